The molecule has 0 saturated heterocycles. The highest BCUT2D eigenvalue weighted by Gasteiger charge is 2.23. The molecule has 2 nitrogen and oxygen atoms in total. The minimum Gasteiger partial charge on any atom is -0.481 e. The van der Waals surface area contributed by atoms with Crippen LogP contribution in [0.2, 0.25) is 0 Å². The first-order chi connectivity index (χ1) is 7.93. The molecule has 0 aromatic heterocycles. The molecule has 1 rings (SSSR count). The molecule has 0 bridgehead atoms. The molecule has 0 aliphatic heterocycles. The predicted molar refractivity (Wildman–Crippen MR) is 70.2 cm³/mol. The van der Waals surface area contributed by atoms with Gasteiger partial charge >= 0.3 is 5.97 Å². The van der Waals surface area contributed by atoms with Gasteiger partial charge in [0.1, 0.15) is 0 Å². The average molecular weight is 234 g/mol. The van der Waals surface area contributed by atoms with E-state index in [0.717, 1.165) is 0 Å². The Morgan fingerprint density at radius 1 is 1.18 bits per heavy atom. The van der Waals surface area contributed by atoms with Crippen LogP contribution in [0.15, 0.2) is 24.3 Å². The van der Waals surface area contributed by atoms with Crippen molar-refractivity contribution in [2.45, 2.75) is 40.0 Å². The summed E-state index contributed by atoms with van der Waals surface area (Å²) in [5.74, 6) is -0.394. The fourth-order valence-corrected chi connectivity index (χ4v) is 2.13. The van der Waals surface area contributed by atoms with Crippen LogP contribution in [0, 0.1) is 11.8 Å². The second kappa shape index (κ2) is 5.85. The van der Waals surface area contributed by atoms with E-state index in [1.165, 1.54) is 11.1 Å². The van der Waals surface area contributed by atoms with Crippen LogP contribution >= 0.6 is 0 Å². The van der Waals surface area contributed by atoms with E-state index in [0.29, 0.717) is 12.3 Å². The largest absolute Gasteiger partial charge is 0.481 e. The van der Waals surface area contributed by atoms with Gasteiger partial charge < -0.3 is 5.11 Å². The summed E-state index contributed by atoms with van der Waals surface area (Å²) < 4.78 is 0. The summed E-state index contributed by atoms with van der Waals surface area (Å²) in [6, 6.07) is 8.15. The summed E-state index contributed by atoms with van der Waals surface area (Å²) in [5, 5.41) is 9.23. The van der Waals surface area contributed by atoms with Gasteiger partial charge in [0.15, 0.2) is 0 Å². The normalized spacial score (nSPS) is 13.1. The molecule has 1 atom stereocenters. The monoisotopic (exact) mass is 234 g/mol. The van der Waals surface area contributed by atoms with Gasteiger partial charge in [-0.2, -0.15) is 0 Å². The fourth-order valence-electron chi connectivity index (χ4n) is 2.13. The van der Waals surface area contributed by atoms with Crippen molar-refractivity contribution in [1.82, 2.24) is 0 Å². The third kappa shape index (κ3) is 3.58. The molecule has 1 aromatic carbocycles. The molecule has 0 amide bonds. The summed E-state index contributed by atoms with van der Waals surface area (Å²) in [6.07, 6.45) is 0.626. The van der Waals surface area contributed by atoms with E-state index in [2.05, 4.69) is 19.9 Å². The standard InChI is InChI=1S/C15H22O2/c1-10(2)13-8-6-5-7-12(13)9-14(11(3)4)15(16)17/h5-8,10-11,14H,9H2,1-4H3,(H,16,17). The molecule has 2 heteroatoms. The third-order valence-electron chi connectivity index (χ3n) is 3.24. The van der Waals surface area contributed by atoms with Gasteiger partial charge in [-0.3, -0.25) is 4.79 Å². The lowest BCUT2D eigenvalue weighted by atomic mass is 9.85. The Kier molecular flexibility index (Phi) is 4.73. The predicted octanol–water partition coefficient (Wildman–Crippen LogP) is 3.71. The highest BCUT2D eigenvalue weighted by Crippen LogP contribution is 2.24. The highest BCUT2D eigenvalue weighted by atomic mass is 16.4. The van der Waals surface area contributed by atoms with Crippen molar-refractivity contribution in [3.63, 3.8) is 0 Å². The number of rotatable bonds is 5. The summed E-state index contributed by atoms with van der Waals surface area (Å²) in [7, 11) is 0. The minimum atomic E-state index is -0.696. The molecular formula is C15H22O2. The van der Waals surface area contributed by atoms with Gasteiger partial charge in [0, 0.05) is 0 Å². The van der Waals surface area contributed by atoms with Crippen LogP contribution in [0.3, 0.4) is 0 Å². The Morgan fingerprint density at radius 2 is 1.76 bits per heavy atom. The summed E-state index contributed by atoms with van der Waals surface area (Å²) in [6.45, 7) is 8.22. The summed E-state index contributed by atoms with van der Waals surface area (Å²) >= 11 is 0. The molecule has 0 saturated carbocycles. The molecule has 0 heterocycles. The van der Waals surface area contributed by atoms with Gasteiger partial charge in [0.2, 0.25) is 0 Å². The van der Waals surface area contributed by atoms with Crippen LogP contribution in [0.25, 0.3) is 0 Å². The fraction of sp³-hybridized carbons (Fsp3) is 0.533. The zero-order valence-electron chi connectivity index (χ0n) is 11.1. The zero-order chi connectivity index (χ0) is 13.0. The van der Waals surface area contributed by atoms with Gasteiger partial charge in [0.05, 0.1) is 5.92 Å². The van der Waals surface area contributed by atoms with Crippen LogP contribution in [-0.4, -0.2) is 11.1 Å². The van der Waals surface area contributed by atoms with Crippen LogP contribution < -0.4 is 0 Å². The summed E-state index contributed by atoms with van der Waals surface area (Å²) in [5.41, 5.74) is 2.43. The Morgan fingerprint density at radius 3 is 2.24 bits per heavy atom. The molecule has 0 fully saturated rings. The van der Waals surface area contributed by atoms with E-state index in [1.54, 1.807) is 0 Å². The van der Waals surface area contributed by atoms with Crippen LogP contribution in [0.1, 0.15) is 44.7 Å². The number of hydrogen-bond donors (Lipinski definition) is 1. The van der Waals surface area contributed by atoms with Crippen molar-refractivity contribution in [1.29, 1.82) is 0 Å². The Hall–Kier alpha value is -1.31. The maximum absolute atomic E-state index is 11.2. The van der Waals surface area contributed by atoms with Crippen molar-refractivity contribution >= 4 is 5.97 Å². The number of carbonyl (C=O) groups is 1. The SMILES string of the molecule is CC(C)c1ccccc1CC(C(=O)O)C(C)C. The van der Waals surface area contributed by atoms with Gasteiger partial charge in [-0.1, -0.05) is 52.0 Å². The topological polar surface area (TPSA) is 37.3 Å². The maximum atomic E-state index is 11.2. The lowest BCUT2D eigenvalue weighted by Crippen LogP contribution is -2.22. The lowest BCUT2D eigenvalue weighted by Gasteiger charge is -2.19. The van der Waals surface area contributed by atoms with Crippen LogP contribution in [0.4, 0.5) is 0 Å². The van der Waals surface area contributed by atoms with E-state index in [4.69, 9.17) is 0 Å². The number of carboxylic acid groups (broad SMARTS) is 1. The number of benzene rings is 1. The first-order valence-electron chi connectivity index (χ1n) is 6.24. The van der Waals surface area contributed by atoms with E-state index < -0.39 is 5.97 Å². The Balaban J connectivity index is 2.97. The van der Waals surface area contributed by atoms with Crippen molar-refractivity contribution in [3.8, 4) is 0 Å². The first-order valence-corrected chi connectivity index (χ1v) is 6.24. The molecular weight excluding hydrogens is 212 g/mol. The van der Waals surface area contributed by atoms with Crippen molar-refractivity contribution in [2.24, 2.45) is 11.8 Å². The third-order valence-corrected chi connectivity index (χ3v) is 3.24. The second-order valence-electron chi connectivity index (χ2n) is 5.25. The van der Waals surface area contributed by atoms with Gasteiger partial charge in [-0.25, -0.2) is 0 Å². The average Bonchev–Trinajstić information content (AvgIpc) is 2.25. The minimum absolute atomic E-state index is 0.160. The lowest BCUT2D eigenvalue weighted by molar-refractivity contribution is -0.143. The molecule has 17 heavy (non-hydrogen) atoms. The molecule has 1 unspecified atom stereocenters. The number of aliphatic carboxylic acids is 1. The smallest absolute Gasteiger partial charge is 0.307 e. The van der Waals surface area contributed by atoms with Crippen molar-refractivity contribution in [2.75, 3.05) is 0 Å². The number of carboxylic acids is 1. The maximum Gasteiger partial charge on any atom is 0.307 e. The molecule has 0 aliphatic carbocycles. The molecule has 0 radical (unpaired) electrons. The molecule has 1 aromatic rings. The first kappa shape index (κ1) is 13.8. The van der Waals surface area contributed by atoms with E-state index in [1.807, 2.05) is 32.0 Å². The second-order valence-corrected chi connectivity index (χ2v) is 5.25. The van der Waals surface area contributed by atoms with Crippen LogP contribution in [-0.2, 0) is 11.2 Å². The highest BCUT2D eigenvalue weighted by molar-refractivity contribution is 5.70. The molecule has 0 aliphatic rings. The molecule has 0 spiro atoms. The number of hydrogen-bond acceptors (Lipinski definition) is 1. The summed E-state index contributed by atoms with van der Waals surface area (Å²) in [4.78, 5) is 11.2. The zero-order valence-corrected chi connectivity index (χ0v) is 11.1. The van der Waals surface area contributed by atoms with Gasteiger partial charge in [0.25, 0.3) is 0 Å². The molecule has 94 valence electrons. The van der Waals surface area contributed by atoms with Crippen LogP contribution in [0.5, 0.6) is 0 Å². The van der Waals surface area contributed by atoms with E-state index in [-0.39, 0.29) is 11.8 Å². The van der Waals surface area contributed by atoms with Crippen molar-refractivity contribution in [3.05, 3.63) is 35.4 Å². The molecule has 1 N–H and O–H groups in total. The van der Waals surface area contributed by atoms with Gasteiger partial charge in [-0.15, -0.1) is 0 Å². The van der Waals surface area contributed by atoms with E-state index >= 15 is 0 Å². The quantitative estimate of drug-likeness (QED) is 0.843. The van der Waals surface area contributed by atoms with Crippen molar-refractivity contribution < 1.29 is 9.90 Å². The van der Waals surface area contributed by atoms with Gasteiger partial charge in [-0.05, 0) is 29.4 Å². The Labute approximate surface area is 104 Å². The van der Waals surface area contributed by atoms with E-state index in [9.17, 15) is 9.90 Å². The Bertz CT molecular complexity index is 380.